The van der Waals surface area contributed by atoms with Crippen LogP contribution in [-0.4, -0.2) is 29.6 Å². The highest BCUT2D eigenvalue weighted by atomic mass is 79.9. The molecular weight excluding hydrogens is 324 g/mol. The van der Waals surface area contributed by atoms with Crippen LogP contribution in [0.5, 0.6) is 0 Å². The molecule has 0 heterocycles. The highest BCUT2D eigenvalue weighted by molar-refractivity contribution is 9.10. The van der Waals surface area contributed by atoms with Crippen LogP contribution in [-0.2, 0) is 4.79 Å². The van der Waals surface area contributed by atoms with Crippen molar-refractivity contribution >= 4 is 33.5 Å². The van der Waals surface area contributed by atoms with E-state index in [0.717, 1.165) is 13.0 Å². The summed E-state index contributed by atoms with van der Waals surface area (Å²) in [5.41, 5.74) is 0.757. The second-order valence-electron chi connectivity index (χ2n) is 4.76. The molecule has 1 aromatic rings. The van der Waals surface area contributed by atoms with E-state index in [1.54, 1.807) is 6.07 Å². The third kappa shape index (κ3) is 5.71. The van der Waals surface area contributed by atoms with E-state index >= 15 is 0 Å². The number of aromatic carboxylic acids is 1. The first kappa shape index (κ1) is 16.7. The number of rotatable bonds is 7. The van der Waals surface area contributed by atoms with Gasteiger partial charge < -0.3 is 15.7 Å². The van der Waals surface area contributed by atoms with E-state index in [2.05, 4.69) is 40.4 Å². The predicted octanol–water partition coefficient (Wildman–Crippen LogP) is 2.86. The second-order valence-corrected chi connectivity index (χ2v) is 5.61. The van der Waals surface area contributed by atoms with E-state index in [4.69, 9.17) is 5.11 Å². The van der Waals surface area contributed by atoms with Crippen molar-refractivity contribution in [3.05, 3.63) is 28.2 Å². The van der Waals surface area contributed by atoms with Crippen LogP contribution >= 0.6 is 15.9 Å². The van der Waals surface area contributed by atoms with Gasteiger partial charge >= 0.3 is 5.97 Å². The molecule has 1 amide bonds. The summed E-state index contributed by atoms with van der Waals surface area (Å²) in [5, 5.41) is 14.9. The van der Waals surface area contributed by atoms with Crippen LogP contribution in [0.4, 0.5) is 5.69 Å². The van der Waals surface area contributed by atoms with Crippen LogP contribution in [0.15, 0.2) is 22.7 Å². The van der Waals surface area contributed by atoms with Crippen molar-refractivity contribution < 1.29 is 14.7 Å². The van der Waals surface area contributed by atoms with Crippen molar-refractivity contribution in [3.63, 3.8) is 0 Å². The summed E-state index contributed by atoms with van der Waals surface area (Å²) >= 11 is 3.25. The van der Waals surface area contributed by atoms with Crippen molar-refractivity contribution in [3.8, 4) is 0 Å². The monoisotopic (exact) mass is 342 g/mol. The molecule has 0 saturated carbocycles. The summed E-state index contributed by atoms with van der Waals surface area (Å²) in [7, 11) is 0. The summed E-state index contributed by atoms with van der Waals surface area (Å²) in [6.07, 6.45) is 1.18. The lowest BCUT2D eigenvalue weighted by atomic mass is 10.2. The zero-order valence-corrected chi connectivity index (χ0v) is 13.2. The molecule has 0 radical (unpaired) electrons. The fourth-order valence-corrected chi connectivity index (χ4v) is 2.08. The normalized spacial score (nSPS) is 10.6. The molecule has 20 heavy (non-hydrogen) atoms. The van der Waals surface area contributed by atoms with Crippen molar-refractivity contribution in [2.45, 2.75) is 32.7 Å². The maximum absolute atomic E-state index is 11.8. The quantitative estimate of drug-likeness (QED) is 0.665. The second kappa shape index (κ2) is 8.01. The Hall–Kier alpha value is -1.40. The SMILES string of the molecule is CC(C)NCCCC(=O)Nc1ccc(C(=O)O)cc1Br. The van der Waals surface area contributed by atoms with Crippen LogP contribution in [0.3, 0.4) is 0 Å². The number of carboxylic acids is 1. The number of hydrogen-bond donors (Lipinski definition) is 3. The van der Waals surface area contributed by atoms with Gasteiger partial charge in [0.15, 0.2) is 0 Å². The highest BCUT2D eigenvalue weighted by Crippen LogP contribution is 2.23. The summed E-state index contributed by atoms with van der Waals surface area (Å²) in [6, 6.07) is 4.93. The molecule has 0 saturated heterocycles. The number of nitrogens with one attached hydrogen (secondary N) is 2. The molecule has 0 aliphatic carbocycles. The molecule has 110 valence electrons. The van der Waals surface area contributed by atoms with Crippen LogP contribution in [0, 0.1) is 0 Å². The Balaban J connectivity index is 2.48. The minimum atomic E-state index is -0.997. The fourth-order valence-electron chi connectivity index (χ4n) is 1.60. The van der Waals surface area contributed by atoms with E-state index in [0.29, 0.717) is 22.6 Å². The van der Waals surface area contributed by atoms with Crippen molar-refractivity contribution in [1.82, 2.24) is 5.32 Å². The predicted molar refractivity (Wildman–Crippen MR) is 82.1 cm³/mol. The molecule has 6 heteroatoms. The van der Waals surface area contributed by atoms with Crippen molar-refractivity contribution in [2.24, 2.45) is 0 Å². The van der Waals surface area contributed by atoms with Gasteiger partial charge in [0.05, 0.1) is 11.3 Å². The van der Waals surface area contributed by atoms with Gasteiger partial charge in [-0.25, -0.2) is 4.79 Å². The molecule has 0 unspecified atom stereocenters. The summed E-state index contributed by atoms with van der Waals surface area (Å²) in [6.45, 7) is 4.91. The van der Waals surface area contributed by atoms with Gasteiger partial charge in [0, 0.05) is 16.9 Å². The number of halogens is 1. The zero-order chi connectivity index (χ0) is 15.1. The van der Waals surface area contributed by atoms with Crippen LogP contribution in [0.25, 0.3) is 0 Å². The topological polar surface area (TPSA) is 78.4 Å². The minimum Gasteiger partial charge on any atom is -0.478 e. The average Bonchev–Trinajstić information content (AvgIpc) is 2.36. The van der Waals surface area contributed by atoms with Gasteiger partial charge in [-0.05, 0) is 47.1 Å². The lowest BCUT2D eigenvalue weighted by Gasteiger charge is -2.09. The Morgan fingerprint density at radius 3 is 2.60 bits per heavy atom. The number of carbonyl (C=O) groups is 2. The molecule has 0 spiro atoms. The van der Waals surface area contributed by atoms with Crippen LogP contribution in [0.1, 0.15) is 37.0 Å². The van der Waals surface area contributed by atoms with E-state index in [1.165, 1.54) is 12.1 Å². The van der Waals surface area contributed by atoms with E-state index < -0.39 is 5.97 Å². The van der Waals surface area contributed by atoms with Gasteiger partial charge in [-0.3, -0.25) is 4.79 Å². The minimum absolute atomic E-state index is 0.0840. The molecule has 5 nitrogen and oxygen atoms in total. The molecular formula is C14H19BrN2O3. The summed E-state index contributed by atoms with van der Waals surface area (Å²) in [4.78, 5) is 22.6. The highest BCUT2D eigenvalue weighted by Gasteiger charge is 2.09. The van der Waals surface area contributed by atoms with Gasteiger partial charge in [0.1, 0.15) is 0 Å². The lowest BCUT2D eigenvalue weighted by Crippen LogP contribution is -2.24. The Bertz CT molecular complexity index is 489. The smallest absolute Gasteiger partial charge is 0.335 e. The number of benzene rings is 1. The van der Waals surface area contributed by atoms with Gasteiger partial charge in [0.25, 0.3) is 0 Å². The van der Waals surface area contributed by atoms with E-state index in [9.17, 15) is 9.59 Å². The first-order valence-electron chi connectivity index (χ1n) is 6.46. The molecule has 0 aliphatic heterocycles. The van der Waals surface area contributed by atoms with Gasteiger partial charge in [0.2, 0.25) is 5.91 Å². The molecule has 0 aromatic heterocycles. The van der Waals surface area contributed by atoms with Crippen LogP contribution < -0.4 is 10.6 Å². The summed E-state index contributed by atoms with van der Waals surface area (Å²) in [5.74, 6) is -1.08. The van der Waals surface area contributed by atoms with E-state index in [-0.39, 0.29) is 11.5 Å². The molecule has 0 fully saturated rings. The molecule has 0 bridgehead atoms. The largest absolute Gasteiger partial charge is 0.478 e. The Labute approximate surface area is 126 Å². The van der Waals surface area contributed by atoms with Gasteiger partial charge in [-0.15, -0.1) is 0 Å². The zero-order valence-electron chi connectivity index (χ0n) is 11.6. The number of carboxylic acid groups (broad SMARTS) is 1. The molecule has 0 atom stereocenters. The Morgan fingerprint density at radius 2 is 2.05 bits per heavy atom. The Morgan fingerprint density at radius 1 is 1.35 bits per heavy atom. The number of amides is 1. The number of anilines is 1. The molecule has 1 aromatic carbocycles. The first-order chi connectivity index (χ1) is 9.40. The average molecular weight is 343 g/mol. The maximum atomic E-state index is 11.8. The lowest BCUT2D eigenvalue weighted by molar-refractivity contribution is -0.116. The fraction of sp³-hybridized carbons (Fsp3) is 0.429. The molecule has 1 rings (SSSR count). The number of hydrogen-bond acceptors (Lipinski definition) is 3. The van der Waals surface area contributed by atoms with Gasteiger partial charge in [-0.1, -0.05) is 13.8 Å². The van der Waals surface area contributed by atoms with Crippen molar-refractivity contribution in [2.75, 3.05) is 11.9 Å². The molecule has 3 N–H and O–H groups in total. The third-order valence-electron chi connectivity index (χ3n) is 2.62. The maximum Gasteiger partial charge on any atom is 0.335 e. The van der Waals surface area contributed by atoms with Crippen molar-refractivity contribution in [1.29, 1.82) is 0 Å². The first-order valence-corrected chi connectivity index (χ1v) is 7.25. The van der Waals surface area contributed by atoms with Crippen LogP contribution in [0.2, 0.25) is 0 Å². The molecule has 0 aliphatic rings. The van der Waals surface area contributed by atoms with E-state index in [1.807, 2.05) is 0 Å². The summed E-state index contributed by atoms with van der Waals surface area (Å²) < 4.78 is 0.561. The standard InChI is InChI=1S/C14H19BrN2O3/c1-9(2)16-7-3-4-13(18)17-12-6-5-10(14(19)20)8-11(12)15/h5-6,8-9,16H,3-4,7H2,1-2H3,(H,17,18)(H,19,20). The number of carbonyl (C=O) groups excluding carboxylic acids is 1. The Kier molecular flexibility index (Phi) is 6.67. The third-order valence-corrected chi connectivity index (χ3v) is 3.28. The van der Waals surface area contributed by atoms with Gasteiger partial charge in [-0.2, -0.15) is 0 Å².